The third-order valence-corrected chi connectivity index (χ3v) is 3.01. The normalized spacial score (nSPS) is 14.3. The molecule has 3 heterocycles. The van der Waals surface area contributed by atoms with Gasteiger partial charge in [-0.15, -0.1) is 24.8 Å². The highest BCUT2D eigenvalue weighted by molar-refractivity contribution is 5.85. The summed E-state index contributed by atoms with van der Waals surface area (Å²) in [6.07, 6.45) is 1.60. The molecule has 0 saturated carbocycles. The second kappa shape index (κ2) is 5.73. The Bertz CT molecular complexity index is 605. The Labute approximate surface area is 117 Å². The Balaban J connectivity index is 0.000000810. The van der Waals surface area contributed by atoms with Crippen LogP contribution in [-0.4, -0.2) is 27.7 Å². The van der Waals surface area contributed by atoms with E-state index in [2.05, 4.69) is 15.4 Å². The molecule has 2 aromatic rings. The van der Waals surface area contributed by atoms with Crippen LogP contribution in [0.15, 0.2) is 10.9 Å². The smallest absolute Gasteiger partial charge is 0.276 e. The minimum atomic E-state index is 0. The number of nitrogens with one attached hydrogen (secondary N) is 2. The summed E-state index contributed by atoms with van der Waals surface area (Å²) in [6, 6.07) is 1.90. The van der Waals surface area contributed by atoms with Gasteiger partial charge in [-0.05, 0) is 19.9 Å². The summed E-state index contributed by atoms with van der Waals surface area (Å²) in [5.41, 5.74) is 3.54. The highest BCUT2D eigenvalue weighted by Gasteiger charge is 2.15. The number of aromatic amines is 1. The molecular formula is C11H16Cl2N4O. The van der Waals surface area contributed by atoms with Gasteiger partial charge in [0.15, 0.2) is 5.65 Å². The Kier molecular flexibility index (Phi) is 4.78. The molecule has 5 nitrogen and oxygen atoms in total. The van der Waals surface area contributed by atoms with Gasteiger partial charge in [-0.25, -0.2) is 9.50 Å². The predicted octanol–water partition coefficient (Wildman–Crippen LogP) is 0.863. The van der Waals surface area contributed by atoms with E-state index in [1.54, 1.807) is 4.52 Å². The lowest BCUT2D eigenvalue weighted by Gasteiger charge is -2.03. The van der Waals surface area contributed by atoms with Crippen molar-refractivity contribution in [1.29, 1.82) is 0 Å². The molecule has 0 bridgehead atoms. The molecule has 1 aliphatic rings. The van der Waals surface area contributed by atoms with E-state index in [-0.39, 0.29) is 30.4 Å². The largest absolute Gasteiger partial charge is 0.316 e. The molecule has 0 amide bonds. The molecule has 3 rings (SSSR count). The first-order chi connectivity index (χ1) is 7.75. The SMILES string of the molecule is Cc1cc2nc3c(c(=O)n2[nH]1)CCNCC3.Cl.Cl. The Morgan fingerprint density at radius 3 is 2.78 bits per heavy atom. The lowest BCUT2D eigenvalue weighted by atomic mass is 10.1. The molecule has 0 aromatic carbocycles. The molecule has 2 N–H and O–H groups in total. The van der Waals surface area contributed by atoms with Crippen LogP contribution in [0.5, 0.6) is 0 Å². The number of nitrogens with zero attached hydrogens (tertiary/aromatic N) is 2. The maximum Gasteiger partial charge on any atom is 0.276 e. The number of fused-ring (bicyclic) bond motifs is 2. The number of H-pyrrole nitrogens is 1. The summed E-state index contributed by atoms with van der Waals surface area (Å²) >= 11 is 0. The van der Waals surface area contributed by atoms with Crippen LogP contribution in [-0.2, 0) is 12.8 Å². The highest BCUT2D eigenvalue weighted by Crippen LogP contribution is 2.09. The molecule has 2 aromatic heterocycles. The van der Waals surface area contributed by atoms with Crippen LogP contribution in [0.1, 0.15) is 17.0 Å². The maximum atomic E-state index is 12.2. The van der Waals surface area contributed by atoms with E-state index in [4.69, 9.17) is 0 Å². The minimum absolute atomic E-state index is 0. The first-order valence-corrected chi connectivity index (χ1v) is 5.56. The lowest BCUT2D eigenvalue weighted by molar-refractivity contribution is 0.708. The van der Waals surface area contributed by atoms with E-state index in [1.807, 2.05) is 13.0 Å². The maximum absolute atomic E-state index is 12.2. The molecule has 7 heteroatoms. The second-order valence-corrected chi connectivity index (χ2v) is 4.22. The first-order valence-electron chi connectivity index (χ1n) is 5.56. The van der Waals surface area contributed by atoms with Gasteiger partial charge < -0.3 is 5.32 Å². The number of aryl methyl sites for hydroxylation is 1. The van der Waals surface area contributed by atoms with Crippen molar-refractivity contribution in [2.75, 3.05) is 13.1 Å². The molecule has 0 spiro atoms. The van der Waals surface area contributed by atoms with E-state index in [0.717, 1.165) is 48.5 Å². The quantitative estimate of drug-likeness (QED) is 0.757. The Hall–Kier alpha value is -1.04. The number of hydrogen-bond acceptors (Lipinski definition) is 3. The summed E-state index contributed by atoms with van der Waals surface area (Å²) < 4.78 is 1.54. The summed E-state index contributed by atoms with van der Waals surface area (Å²) in [5.74, 6) is 0. The Morgan fingerprint density at radius 2 is 2.00 bits per heavy atom. The van der Waals surface area contributed by atoms with Crippen molar-refractivity contribution < 1.29 is 0 Å². The third-order valence-electron chi connectivity index (χ3n) is 3.01. The van der Waals surface area contributed by atoms with Gasteiger partial charge in [0.25, 0.3) is 5.56 Å². The van der Waals surface area contributed by atoms with Gasteiger partial charge in [-0.3, -0.25) is 9.89 Å². The highest BCUT2D eigenvalue weighted by atomic mass is 35.5. The van der Waals surface area contributed by atoms with E-state index < -0.39 is 0 Å². The topological polar surface area (TPSA) is 62.2 Å². The predicted molar refractivity (Wildman–Crippen MR) is 75.3 cm³/mol. The van der Waals surface area contributed by atoms with E-state index in [9.17, 15) is 4.79 Å². The fourth-order valence-corrected chi connectivity index (χ4v) is 2.23. The average Bonchev–Trinajstić information content (AvgIpc) is 2.48. The van der Waals surface area contributed by atoms with Crippen molar-refractivity contribution in [3.05, 3.63) is 33.4 Å². The first kappa shape index (κ1) is 15.0. The van der Waals surface area contributed by atoms with Crippen LogP contribution in [0.3, 0.4) is 0 Å². The monoisotopic (exact) mass is 290 g/mol. The van der Waals surface area contributed by atoms with Crippen molar-refractivity contribution in [2.24, 2.45) is 0 Å². The zero-order chi connectivity index (χ0) is 11.1. The fourth-order valence-electron chi connectivity index (χ4n) is 2.23. The van der Waals surface area contributed by atoms with Crippen molar-refractivity contribution in [1.82, 2.24) is 19.9 Å². The summed E-state index contributed by atoms with van der Waals surface area (Å²) in [5, 5.41) is 6.30. The number of halogens is 2. The molecule has 0 saturated heterocycles. The summed E-state index contributed by atoms with van der Waals surface area (Å²) in [6.45, 7) is 3.69. The standard InChI is InChI=1S/C11H14N4O.2ClH/c1-7-6-10-13-9-3-5-12-4-2-8(9)11(16)15(10)14-7;;/h6,12,14H,2-5H2,1H3;2*1H. The van der Waals surface area contributed by atoms with Crippen LogP contribution >= 0.6 is 24.8 Å². The van der Waals surface area contributed by atoms with Gasteiger partial charge in [0, 0.05) is 30.3 Å². The zero-order valence-corrected chi connectivity index (χ0v) is 11.7. The van der Waals surface area contributed by atoms with Gasteiger partial charge >= 0.3 is 0 Å². The molecule has 1 aliphatic heterocycles. The molecule has 0 aliphatic carbocycles. The minimum Gasteiger partial charge on any atom is -0.316 e. The molecule has 0 fully saturated rings. The fraction of sp³-hybridized carbons (Fsp3) is 0.455. The molecular weight excluding hydrogens is 275 g/mol. The summed E-state index contributed by atoms with van der Waals surface area (Å²) in [7, 11) is 0. The zero-order valence-electron chi connectivity index (χ0n) is 10.0. The van der Waals surface area contributed by atoms with Gasteiger partial charge in [0.05, 0.1) is 5.69 Å². The van der Waals surface area contributed by atoms with Crippen LogP contribution < -0.4 is 10.9 Å². The van der Waals surface area contributed by atoms with Crippen molar-refractivity contribution in [2.45, 2.75) is 19.8 Å². The summed E-state index contributed by atoms with van der Waals surface area (Å²) in [4.78, 5) is 16.8. The molecule has 0 unspecified atom stereocenters. The van der Waals surface area contributed by atoms with Crippen LogP contribution in [0.25, 0.3) is 5.65 Å². The van der Waals surface area contributed by atoms with Gasteiger partial charge in [-0.2, -0.15) is 0 Å². The van der Waals surface area contributed by atoms with Crippen molar-refractivity contribution in [3.63, 3.8) is 0 Å². The molecule has 0 atom stereocenters. The van der Waals surface area contributed by atoms with Crippen LogP contribution in [0.2, 0.25) is 0 Å². The second-order valence-electron chi connectivity index (χ2n) is 4.22. The van der Waals surface area contributed by atoms with Gasteiger partial charge in [-0.1, -0.05) is 0 Å². The lowest BCUT2D eigenvalue weighted by Crippen LogP contribution is -2.23. The third kappa shape index (κ3) is 2.39. The van der Waals surface area contributed by atoms with Gasteiger partial charge in [0.1, 0.15) is 0 Å². The Morgan fingerprint density at radius 1 is 1.28 bits per heavy atom. The van der Waals surface area contributed by atoms with Crippen LogP contribution in [0, 0.1) is 6.92 Å². The molecule has 100 valence electrons. The average molecular weight is 291 g/mol. The molecule has 18 heavy (non-hydrogen) atoms. The van der Waals surface area contributed by atoms with Crippen molar-refractivity contribution in [3.8, 4) is 0 Å². The van der Waals surface area contributed by atoms with Crippen molar-refractivity contribution >= 4 is 30.5 Å². The van der Waals surface area contributed by atoms with E-state index >= 15 is 0 Å². The molecule has 0 radical (unpaired) electrons. The van der Waals surface area contributed by atoms with E-state index in [1.165, 1.54) is 0 Å². The number of aromatic nitrogens is 3. The van der Waals surface area contributed by atoms with Gasteiger partial charge in [0.2, 0.25) is 0 Å². The van der Waals surface area contributed by atoms with E-state index in [0.29, 0.717) is 0 Å². The number of hydrogen-bond donors (Lipinski definition) is 2. The van der Waals surface area contributed by atoms with Crippen LogP contribution in [0.4, 0.5) is 0 Å². The number of rotatable bonds is 0.